The van der Waals surface area contributed by atoms with Crippen LogP contribution in [0.25, 0.3) is 0 Å². The third-order valence-corrected chi connectivity index (χ3v) is 4.53. The first-order valence-electron chi connectivity index (χ1n) is 6.99. The zero-order valence-corrected chi connectivity index (χ0v) is 14.8. The van der Waals surface area contributed by atoms with Crippen LogP contribution in [0.3, 0.4) is 0 Å². The summed E-state index contributed by atoms with van der Waals surface area (Å²) in [6.07, 6.45) is 1.08. The molecule has 0 aliphatic carbocycles. The summed E-state index contributed by atoms with van der Waals surface area (Å²) in [5.41, 5.74) is 7.70. The Balaban J connectivity index is 0.00000220. The van der Waals surface area contributed by atoms with Crippen molar-refractivity contribution in [1.82, 2.24) is 4.90 Å². The maximum atomic E-state index is 12.1. The molecular weight excluding hydrogens is 354 g/mol. The maximum Gasteiger partial charge on any atom is 0.238 e. The van der Waals surface area contributed by atoms with Crippen LogP contribution in [0.5, 0.6) is 0 Å². The van der Waals surface area contributed by atoms with Crippen molar-refractivity contribution in [3.63, 3.8) is 0 Å². The van der Waals surface area contributed by atoms with Gasteiger partial charge in [0.15, 0.2) is 0 Å². The first-order valence-corrected chi connectivity index (χ1v) is 7.79. The number of halogens is 2. The van der Waals surface area contributed by atoms with Crippen LogP contribution in [0.2, 0.25) is 0 Å². The summed E-state index contributed by atoms with van der Waals surface area (Å²) in [5, 5.41) is 2.96. The lowest BCUT2D eigenvalue weighted by Gasteiger charge is -2.20. The van der Waals surface area contributed by atoms with Crippen molar-refractivity contribution in [1.29, 1.82) is 0 Å². The van der Waals surface area contributed by atoms with Gasteiger partial charge in [-0.05, 0) is 66.4 Å². The minimum absolute atomic E-state index is 0. The lowest BCUT2D eigenvalue weighted by Crippen LogP contribution is -2.36. The van der Waals surface area contributed by atoms with Crippen LogP contribution < -0.4 is 11.1 Å². The Kier molecular flexibility index (Phi) is 7.13. The Bertz CT molecular complexity index is 498. The van der Waals surface area contributed by atoms with Crippen LogP contribution in [-0.4, -0.2) is 36.5 Å². The van der Waals surface area contributed by atoms with Gasteiger partial charge in [-0.3, -0.25) is 9.69 Å². The number of aryl methyl sites for hydroxylation is 1. The maximum absolute atomic E-state index is 12.1. The number of benzene rings is 1. The van der Waals surface area contributed by atoms with E-state index in [9.17, 15) is 4.79 Å². The van der Waals surface area contributed by atoms with Crippen molar-refractivity contribution in [2.75, 3.05) is 25.0 Å². The van der Waals surface area contributed by atoms with Crippen LogP contribution in [0, 0.1) is 12.8 Å². The number of nitrogens with two attached hydrogens (primary N) is 1. The van der Waals surface area contributed by atoms with Crippen LogP contribution in [0.4, 0.5) is 5.69 Å². The number of likely N-dealkylation sites (tertiary alicyclic amines) is 1. The predicted molar refractivity (Wildman–Crippen MR) is 93.0 cm³/mol. The first kappa shape index (κ1) is 18.4. The third-order valence-electron chi connectivity index (χ3n) is 3.87. The highest BCUT2D eigenvalue weighted by atomic mass is 79.9. The fourth-order valence-electron chi connectivity index (χ4n) is 2.70. The molecule has 1 aromatic carbocycles. The van der Waals surface area contributed by atoms with Crippen LogP contribution in [-0.2, 0) is 4.79 Å². The zero-order valence-electron chi connectivity index (χ0n) is 12.4. The van der Waals surface area contributed by atoms with E-state index in [1.54, 1.807) is 0 Å². The molecule has 1 aliphatic rings. The summed E-state index contributed by atoms with van der Waals surface area (Å²) in [7, 11) is 0. The van der Waals surface area contributed by atoms with Gasteiger partial charge in [0.2, 0.25) is 5.91 Å². The molecule has 118 valence electrons. The van der Waals surface area contributed by atoms with Crippen molar-refractivity contribution >= 4 is 39.9 Å². The van der Waals surface area contributed by atoms with Gasteiger partial charge in [0.25, 0.3) is 0 Å². The number of nitrogens with one attached hydrogen (secondary N) is 1. The van der Waals surface area contributed by atoms with E-state index in [4.69, 9.17) is 5.73 Å². The minimum atomic E-state index is 0. The van der Waals surface area contributed by atoms with Gasteiger partial charge in [0, 0.05) is 17.1 Å². The molecule has 1 aromatic rings. The molecular formula is C15H23BrClN3O. The summed E-state index contributed by atoms with van der Waals surface area (Å²) in [5.74, 6) is 0.544. The standard InChI is InChI=1S/C15H22BrN3O.ClH/c1-10-3-4-14(13(16)5-10)18-15(20)9-19-8-12(7-17)6-11(19)2;/h3-5,11-12H,6-9,17H2,1-2H3,(H,18,20);1H. The summed E-state index contributed by atoms with van der Waals surface area (Å²) < 4.78 is 0.917. The van der Waals surface area contributed by atoms with Crippen molar-refractivity contribution in [2.24, 2.45) is 11.7 Å². The second kappa shape index (κ2) is 8.13. The van der Waals surface area contributed by atoms with Crippen LogP contribution >= 0.6 is 28.3 Å². The van der Waals surface area contributed by atoms with Crippen molar-refractivity contribution in [3.8, 4) is 0 Å². The largest absolute Gasteiger partial charge is 0.330 e. The Morgan fingerprint density at radius 1 is 1.52 bits per heavy atom. The zero-order chi connectivity index (χ0) is 14.7. The lowest BCUT2D eigenvalue weighted by atomic mass is 10.1. The third kappa shape index (κ3) is 4.95. The quantitative estimate of drug-likeness (QED) is 0.849. The smallest absolute Gasteiger partial charge is 0.238 e. The van der Waals surface area contributed by atoms with Crippen molar-refractivity contribution in [2.45, 2.75) is 26.3 Å². The molecule has 0 aromatic heterocycles. The number of rotatable bonds is 4. The lowest BCUT2D eigenvalue weighted by molar-refractivity contribution is -0.117. The molecule has 21 heavy (non-hydrogen) atoms. The van der Waals surface area contributed by atoms with E-state index in [1.165, 1.54) is 0 Å². The number of carbonyl (C=O) groups is 1. The Morgan fingerprint density at radius 2 is 2.24 bits per heavy atom. The van der Waals surface area contributed by atoms with E-state index in [0.29, 0.717) is 25.0 Å². The normalized spacial score (nSPS) is 21.9. The molecule has 2 atom stereocenters. The van der Waals surface area contributed by atoms with Gasteiger partial charge in [0.05, 0.1) is 12.2 Å². The van der Waals surface area contributed by atoms with E-state index in [0.717, 1.165) is 28.7 Å². The molecule has 1 saturated heterocycles. The molecule has 1 amide bonds. The van der Waals surface area contributed by atoms with Gasteiger partial charge in [-0.2, -0.15) is 0 Å². The molecule has 0 saturated carbocycles. The van der Waals surface area contributed by atoms with E-state index >= 15 is 0 Å². The van der Waals surface area contributed by atoms with Gasteiger partial charge < -0.3 is 11.1 Å². The summed E-state index contributed by atoms with van der Waals surface area (Å²) in [6.45, 7) is 6.23. The van der Waals surface area contributed by atoms with Crippen LogP contribution in [0.15, 0.2) is 22.7 Å². The van der Waals surface area contributed by atoms with Gasteiger partial charge in [-0.25, -0.2) is 0 Å². The Morgan fingerprint density at radius 3 is 2.81 bits per heavy atom. The van der Waals surface area contributed by atoms with E-state index in [-0.39, 0.29) is 18.3 Å². The fourth-order valence-corrected chi connectivity index (χ4v) is 3.30. The summed E-state index contributed by atoms with van der Waals surface area (Å²) in [6, 6.07) is 6.34. The van der Waals surface area contributed by atoms with Crippen LogP contribution in [0.1, 0.15) is 18.9 Å². The molecule has 2 unspecified atom stereocenters. The van der Waals surface area contributed by atoms with E-state index < -0.39 is 0 Å². The Labute approximate surface area is 141 Å². The number of amides is 1. The van der Waals surface area contributed by atoms with Crippen molar-refractivity contribution < 1.29 is 4.79 Å². The van der Waals surface area contributed by atoms with Gasteiger partial charge in [-0.15, -0.1) is 12.4 Å². The highest BCUT2D eigenvalue weighted by molar-refractivity contribution is 9.10. The fraction of sp³-hybridized carbons (Fsp3) is 0.533. The average Bonchev–Trinajstić information content (AvgIpc) is 2.74. The van der Waals surface area contributed by atoms with Gasteiger partial charge in [0.1, 0.15) is 0 Å². The number of anilines is 1. The molecule has 3 N–H and O–H groups in total. The molecule has 6 heteroatoms. The topological polar surface area (TPSA) is 58.4 Å². The molecule has 4 nitrogen and oxygen atoms in total. The number of hydrogen-bond donors (Lipinski definition) is 2. The first-order chi connectivity index (χ1) is 9.49. The average molecular weight is 377 g/mol. The van der Waals surface area contributed by atoms with E-state index in [1.807, 2.05) is 25.1 Å². The van der Waals surface area contributed by atoms with Gasteiger partial charge in [-0.1, -0.05) is 6.07 Å². The number of carbonyl (C=O) groups excluding carboxylic acids is 1. The summed E-state index contributed by atoms with van der Waals surface area (Å²) >= 11 is 3.48. The molecule has 1 heterocycles. The Hall–Kier alpha value is -0.620. The molecule has 1 fully saturated rings. The summed E-state index contributed by atoms with van der Waals surface area (Å²) in [4.78, 5) is 14.3. The monoisotopic (exact) mass is 375 g/mol. The molecule has 1 aliphatic heterocycles. The molecule has 0 radical (unpaired) electrons. The second-order valence-corrected chi connectivity index (χ2v) is 6.50. The molecule has 0 bridgehead atoms. The minimum Gasteiger partial charge on any atom is -0.330 e. The highest BCUT2D eigenvalue weighted by Gasteiger charge is 2.29. The van der Waals surface area contributed by atoms with E-state index in [2.05, 4.69) is 33.1 Å². The molecule has 2 rings (SSSR count). The number of hydrogen-bond acceptors (Lipinski definition) is 3. The SMILES string of the molecule is Cc1ccc(NC(=O)CN2CC(CN)CC2C)c(Br)c1.Cl. The van der Waals surface area contributed by atoms with Crippen molar-refractivity contribution in [3.05, 3.63) is 28.2 Å². The molecule has 0 spiro atoms. The highest BCUT2D eigenvalue weighted by Crippen LogP contribution is 2.24. The van der Waals surface area contributed by atoms with Gasteiger partial charge >= 0.3 is 0 Å². The number of nitrogens with zero attached hydrogens (tertiary/aromatic N) is 1. The second-order valence-electron chi connectivity index (χ2n) is 5.65. The predicted octanol–water partition coefficient (Wildman–Crippen LogP) is 2.79.